The number of aryl methyl sites for hydroxylation is 1. The molecule has 0 saturated carbocycles. The maximum absolute atomic E-state index is 11.7. The standard InChI is InChI=1S/C10H14N2O4/c1-5(2)8(10(14)15)12-9(13)7-4-11-16-6(7)3/h4-5,8H,1-3H3,(H,12,13)(H,14,15)/t8-/m0/s1. The van der Waals surface area contributed by atoms with Gasteiger partial charge < -0.3 is 14.9 Å². The Hall–Kier alpha value is -1.85. The summed E-state index contributed by atoms with van der Waals surface area (Å²) in [5.74, 6) is -1.37. The molecule has 0 radical (unpaired) electrons. The van der Waals surface area contributed by atoms with Crippen LogP contribution in [0.5, 0.6) is 0 Å². The zero-order valence-electron chi connectivity index (χ0n) is 9.35. The van der Waals surface area contributed by atoms with Crippen LogP contribution in [0.1, 0.15) is 30.0 Å². The molecule has 0 saturated heterocycles. The summed E-state index contributed by atoms with van der Waals surface area (Å²) >= 11 is 0. The van der Waals surface area contributed by atoms with Gasteiger partial charge in [0, 0.05) is 0 Å². The molecule has 0 aliphatic heterocycles. The lowest BCUT2D eigenvalue weighted by Gasteiger charge is -2.17. The number of carboxylic acid groups (broad SMARTS) is 1. The molecule has 1 heterocycles. The number of aliphatic carboxylic acids is 1. The number of aromatic nitrogens is 1. The zero-order chi connectivity index (χ0) is 12.3. The summed E-state index contributed by atoms with van der Waals surface area (Å²) in [6.07, 6.45) is 1.27. The van der Waals surface area contributed by atoms with Gasteiger partial charge in [0.25, 0.3) is 5.91 Å². The molecule has 1 amide bonds. The Morgan fingerprint density at radius 3 is 2.50 bits per heavy atom. The van der Waals surface area contributed by atoms with Gasteiger partial charge in [0.15, 0.2) is 0 Å². The van der Waals surface area contributed by atoms with E-state index in [9.17, 15) is 9.59 Å². The second-order valence-electron chi connectivity index (χ2n) is 3.83. The molecule has 0 aromatic carbocycles. The topological polar surface area (TPSA) is 92.4 Å². The summed E-state index contributed by atoms with van der Waals surface area (Å²) in [4.78, 5) is 22.5. The van der Waals surface area contributed by atoms with Crippen LogP contribution in [0.25, 0.3) is 0 Å². The third-order valence-corrected chi connectivity index (χ3v) is 2.21. The molecule has 0 unspecified atom stereocenters. The first kappa shape index (κ1) is 12.2. The van der Waals surface area contributed by atoms with Crippen LogP contribution >= 0.6 is 0 Å². The van der Waals surface area contributed by atoms with Crippen molar-refractivity contribution in [2.75, 3.05) is 0 Å². The van der Waals surface area contributed by atoms with Crippen LogP contribution in [-0.2, 0) is 4.79 Å². The lowest BCUT2D eigenvalue weighted by atomic mass is 10.0. The van der Waals surface area contributed by atoms with Crippen molar-refractivity contribution in [2.24, 2.45) is 5.92 Å². The number of amides is 1. The van der Waals surface area contributed by atoms with Gasteiger partial charge in [-0.05, 0) is 12.8 Å². The Morgan fingerprint density at radius 1 is 1.50 bits per heavy atom. The Balaban J connectivity index is 2.77. The van der Waals surface area contributed by atoms with Crippen molar-refractivity contribution in [1.82, 2.24) is 10.5 Å². The summed E-state index contributed by atoms with van der Waals surface area (Å²) in [5.41, 5.74) is 0.256. The predicted molar refractivity (Wildman–Crippen MR) is 55.0 cm³/mol. The van der Waals surface area contributed by atoms with Crippen molar-refractivity contribution in [3.63, 3.8) is 0 Å². The van der Waals surface area contributed by atoms with Crippen LogP contribution in [0.15, 0.2) is 10.7 Å². The van der Waals surface area contributed by atoms with Gasteiger partial charge in [0.2, 0.25) is 0 Å². The molecule has 0 spiro atoms. The molecule has 0 aliphatic rings. The van der Waals surface area contributed by atoms with Crippen LogP contribution in [0.4, 0.5) is 0 Å². The summed E-state index contributed by atoms with van der Waals surface area (Å²) in [6.45, 7) is 5.03. The highest BCUT2D eigenvalue weighted by Crippen LogP contribution is 2.08. The van der Waals surface area contributed by atoms with E-state index in [1.165, 1.54) is 6.20 Å². The largest absolute Gasteiger partial charge is 0.480 e. The van der Waals surface area contributed by atoms with Gasteiger partial charge in [0.1, 0.15) is 17.4 Å². The molecule has 0 aliphatic carbocycles. The van der Waals surface area contributed by atoms with Gasteiger partial charge in [-0.2, -0.15) is 0 Å². The van der Waals surface area contributed by atoms with Gasteiger partial charge in [-0.15, -0.1) is 0 Å². The van der Waals surface area contributed by atoms with Gasteiger partial charge in [-0.1, -0.05) is 19.0 Å². The number of carboxylic acids is 1. The van der Waals surface area contributed by atoms with E-state index >= 15 is 0 Å². The van der Waals surface area contributed by atoms with Crippen LogP contribution < -0.4 is 5.32 Å². The fourth-order valence-corrected chi connectivity index (χ4v) is 1.25. The number of hydrogen-bond acceptors (Lipinski definition) is 4. The minimum Gasteiger partial charge on any atom is -0.480 e. The Labute approximate surface area is 92.6 Å². The first-order valence-electron chi connectivity index (χ1n) is 4.88. The van der Waals surface area contributed by atoms with Gasteiger partial charge in [-0.25, -0.2) is 4.79 Å². The molecule has 16 heavy (non-hydrogen) atoms. The summed E-state index contributed by atoms with van der Waals surface area (Å²) in [6, 6.07) is -0.915. The van der Waals surface area contributed by atoms with Crippen molar-refractivity contribution in [1.29, 1.82) is 0 Å². The second-order valence-corrected chi connectivity index (χ2v) is 3.83. The van der Waals surface area contributed by atoms with Gasteiger partial charge in [-0.3, -0.25) is 4.79 Å². The fourth-order valence-electron chi connectivity index (χ4n) is 1.25. The first-order chi connectivity index (χ1) is 7.43. The van der Waals surface area contributed by atoms with Crippen molar-refractivity contribution < 1.29 is 19.2 Å². The third kappa shape index (κ3) is 2.59. The molecule has 1 aromatic heterocycles. The minimum absolute atomic E-state index is 0.193. The van der Waals surface area contributed by atoms with Crippen molar-refractivity contribution in [2.45, 2.75) is 26.8 Å². The minimum atomic E-state index is -1.06. The molecule has 6 heteroatoms. The SMILES string of the molecule is Cc1oncc1C(=O)N[C@H](C(=O)O)C(C)C. The van der Waals surface area contributed by atoms with E-state index < -0.39 is 17.9 Å². The maximum Gasteiger partial charge on any atom is 0.326 e. The molecule has 1 atom stereocenters. The highest BCUT2D eigenvalue weighted by Gasteiger charge is 2.25. The van der Waals surface area contributed by atoms with Gasteiger partial charge in [0.05, 0.1) is 6.20 Å². The second kappa shape index (κ2) is 4.78. The summed E-state index contributed by atoms with van der Waals surface area (Å²) < 4.78 is 4.73. The number of hydrogen-bond donors (Lipinski definition) is 2. The Kier molecular flexibility index (Phi) is 3.65. The van der Waals surface area contributed by atoms with E-state index in [2.05, 4.69) is 10.5 Å². The fraction of sp³-hybridized carbons (Fsp3) is 0.500. The van der Waals surface area contributed by atoms with Crippen molar-refractivity contribution >= 4 is 11.9 Å². The van der Waals surface area contributed by atoms with Crippen LogP contribution in [0.2, 0.25) is 0 Å². The number of rotatable bonds is 4. The number of carbonyl (C=O) groups excluding carboxylic acids is 1. The summed E-state index contributed by atoms with van der Waals surface area (Å²) in [7, 11) is 0. The van der Waals surface area contributed by atoms with E-state index in [0.29, 0.717) is 5.76 Å². The smallest absolute Gasteiger partial charge is 0.326 e. The molecular weight excluding hydrogens is 212 g/mol. The molecule has 0 bridgehead atoms. The molecule has 1 aromatic rings. The van der Waals surface area contributed by atoms with E-state index in [1.807, 2.05) is 0 Å². The Bertz CT molecular complexity index is 397. The molecule has 6 nitrogen and oxygen atoms in total. The first-order valence-corrected chi connectivity index (χ1v) is 4.88. The number of nitrogens with one attached hydrogen (secondary N) is 1. The van der Waals surface area contributed by atoms with E-state index in [1.54, 1.807) is 20.8 Å². The third-order valence-electron chi connectivity index (χ3n) is 2.21. The molecular formula is C10H14N2O4. The van der Waals surface area contributed by atoms with Crippen LogP contribution in [-0.4, -0.2) is 28.2 Å². The van der Waals surface area contributed by atoms with E-state index in [0.717, 1.165) is 0 Å². The Morgan fingerprint density at radius 2 is 2.12 bits per heavy atom. The lowest BCUT2D eigenvalue weighted by Crippen LogP contribution is -2.44. The molecule has 1 rings (SSSR count). The highest BCUT2D eigenvalue weighted by atomic mass is 16.5. The average molecular weight is 226 g/mol. The van der Waals surface area contributed by atoms with Gasteiger partial charge >= 0.3 is 5.97 Å². The molecule has 2 N–H and O–H groups in total. The highest BCUT2D eigenvalue weighted by molar-refractivity contribution is 5.97. The van der Waals surface area contributed by atoms with Crippen molar-refractivity contribution in [3.8, 4) is 0 Å². The van der Waals surface area contributed by atoms with Crippen LogP contribution in [0, 0.1) is 12.8 Å². The van der Waals surface area contributed by atoms with E-state index in [4.69, 9.17) is 9.63 Å². The normalized spacial score (nSPS) is 12.5. The quantitative estimate of drug-likeness (QED) is 0.792. The number of carbonyl (C=O) groups is 2. The molecule has 88 valence electrons. The average Bonchev–Trinajstić information content (AvgIpc) is 2.59. The monoisotopic (exact) mass is 226 g/mol. The zero-order valence-corrected chi connectivity index (χ0v) is 9.35. The lowest BCUT2D eigenvalue weighted by molar-refractivity contribution is -0.140. The van der Waals surface area contributed by atoms with E-state index in [-0.39, 0.29) is 11.5 Å². The summed E-state index contributed by atoms with van der Waals surface area (Å²) in [5, 5.41) is 14.8. The number of nitrogens with zero attached hydrogens (tertiary/aromatic N) is 1. The molecule has 0 fully saturated rings. The predicted octanol–water partition coefficient (Wildman–Crippen LogP) is 0.822. The maximum atomic E-state index is 11.7. The van der Waals surface area contributed by atoms with Crippen molar-refractivity contribution in [3.05, 3.63) is 17.5 Å². The van der Waals surface area contributed by atoms with Crippen LogP contribution in [0.3, 0.4) is 0 Å².